The largest absolute Gasteiger partial charge is 0.348 e. The summed E-state index contributed by atoms with van der Waals surface area (Å²) in [6.07, 6.45) is 5.38. The van der Waals surface area contributed by atoms with E-state index < -0.39 is 12.0 Å². The maximum Gasteiger partial charge on any atom is 0.240 e. The van der Waals surface area contributed by atoms with Crippen LogP contribution in [0.25, 0.3) is 16.8 Å². The molecular formula is C22H26N6O2. The van der Waals surface area contributed by atoms with Crippen molar-refractivity contribution in [2.75, 3.05) is 27.2 Å². The molecule has 3 heterocycles. The van der Waals surface area contributed by atoms with Gasteiger partial charge in [0.05, 0.1) is 5.92 Å². The highest BCUT2D eigenvalue weighted by atomic mass is 16.2. The molecule has 1 fully saturated rings. The van der Waals surface area contributed by atoms with Gasteiger partial charge in [-0.05, 0) is 36.1 Å². The molecule has 3 aromatic rings. The van der Waals surface area contributed by atoms with E-state index in [-0.39, 0.29) is 11.8 Å². The van der Waals surface area contributed by atoms with Gasteiger partial charge in [0.1, 0.15) is 12.4 Å². The van der Waals surface area contributed by atoms with Crippen LogP contribution in [0.4, 0.5) is 0 Å². The summed E-state index contributed by atoms with van der Waals surface area (Å²) in [5.41, 5.74) is 9.82. The number of carbonyl (C=O) groups is 2. The number of nitrogens with two attached hydrogens (primary N) is 1. The van der Waals surface area contributed by atoms with Gasteiger partial charge < -0.3 is 15.5 Å². The van der Waals surface area contributed by atoms with Gasteiger partial charge in [0.25, 0.3) is 0 Å². The lowest BCUT2D eigenvalue weighted by atomic mass is 9.88. The monoisotopic (exact) mass is 406 g/mol. The Morgan fingerprint density at radius 3 is 2.37 bits per heavy atom. The molecule has 4 rings (SSSR count). The van der Waals surface area contributed by atoms with Crippen molar-refractivity contribution in [1.82, 2.24) is 24.4 Å². The van der Waals surface area contributed by atoms with Crippen LogP contribution in [-0.2, 0) is 9.59 Å². The molecule has 0 bridgehead atoms. The normalized spacial score (nSPS) is 15.9. The van der Waals surface area contributed by atoms with Gasteiger partial charge in [-0.3, -0.25) is 9.59 Å². The highest BCUT2D eigenvalue weighted by Crippen LogP contribution is 2.27. The zero-order chi connectivity index (χ0) is 21.3. The van der Waals surface area contributed by atoms with Gasteiger partial charge in [0.2, 0.25) is 11.8 Å². The molecule has 8 nitrogen and oxygen atoms in total. The molecule has 156 valence electrons. The fraction of sp³-hybridized carbons (Fsp3) is 0.364. The third kappa shape index (κ3) is 3.78. The molecule has 0 spiro atoms. The van der Waals surface area contributed by atoms with Crippen LogP contribution in [0.15, 0.2) is 48.9 Å². The van der Waals surface area contributed by atoms with Gasteiger partial charge in [-0.15, -0.1) is 0 Å². The number of amides is 2. The number of hydrogen-bond donors (Lipinski definition) is 1. The van der Waals surface area contributed by atoms with Crippen molar-refractivity contribution in [3.05, 3.63) is 54.5 Å². The molecule has 1 aromatic carbocycles. The summed E-state index contributed by atoms with van der Waals surface area (Å²) in [5, 5.41) is 4.17. The summed E-state index contributed by atoms with van der Waals surface area (Å²) in [5.74, 6) is -1.06. The summed E-state index contributed by atoms with van der Waals surface area (Å²) < 4.78 is 1.71. The minimum atomic E-state index is -0.907. The van der Waals surface area contributed by atoms with Crippen molar-refractivity contribution >= 4 is 17.5 Å². The molecule has 0 radical (unpaired) electrons. The first-order chi connectivity index (χ1) is 14.5. The number of hydrogen-bond acceptors (Lipinski definition) is 5. The second-order valence-corrected chi connectivity index (χ2v) is 7.87. The maximum atomic E-state index is 12.9. The number of likely N-dealkylation sites (tertiary alicyclic amines) is 1. The van der Waals surface area contributed by atoms with Crippen molar-refractivity contribution in [2.45, 2.75) is 24.8 Å². The molecule has 2 N–H and O–H groups in total. The van der Waals surface area contributed by atoms with E-state index in [0.717, 1.165) is 35.2 Å². The molecule has 2 aromatic heterocycles. The first kappa shape index (κ1) is 20.0. The molecule has 2 atom stereocenters. The lowest BCUT2D eigenvalue weighted by Gasteiger charge is -2.28. The maximum absolute atomic E-state index is 12.9. The van der Waals surface area contributed by atoms with Crippen LogP contribution in [0.3, 0.4) is 0 Å². The molecule has 30 heavy (non-hydrogen) atoms. The minimum absolute atomic E-state index is 0.159. The predicted molar refractivity (Wildman–Crippen MR) is 114 cm³/mol. The summed E-state index contributed by atoms with van der Waals surface area (Å²) in [7, 11) is 3.37. The smallest absolute Gasteiger partial charge is 0.240 e. The molecule has 0 aliphatic carbocycles. The Morgan fingerprint density at radius 1 is 1.03 bits per heavy atom. The van der Waals surface area contributed by atoms with E-state index in [1.54, 1.807) is 23.5 Å². The highest BCUT2D eigenvalue weighted by molar-refractivity contribution is 5.93. The topological polar surface area (TPSA) is 96.8 Å². The SMILES string of the molecule is CN(C)C(=O)[C@@H](c1ccc(-c2ccc3ncnn3c2)cc1)[C@H](N)C(=O)N1CCCC1. The first-order valence-electron chi connectivity index (χ1n) is 10.1. The molecule has 0 unspecified atom stereocenters. The van der Waals surface area contributed by atoms with Gasteiger partial charge >= 0.3 is 0 Å². The summed E-state index contributed by atoms with van der Waals surface area (Å²) in [6.45, 7) is 1.41. The van der Waals surface area contributed by atoms with Crippen molar-refractivity contribution in [3.8, 4) is 11.1 Å². The molecular weight excluding hydrogens is 380 g/mol. The van der Waals surface area contributed by atoms with Crippen molar-refractivity contribution < 1.29 is 9.59 Å². The van der Waals surface area contributed by atoms with Crippen molar-refractivity contribution in [3.63, 3.8) is 0 Å². The molecule has 1 saturated heterocycles. The zero-order valence-corrected chi connectivity index (χ0v) is 17.2. The number of nitrogens with zero attached hydrogens (tertiary/aromatic N) is 5. The van der Waals surface area contributed by atoms with Gasteiger partial charge in [-0.2, -0.15) is 5.10 Å². The van der Waals surface area contributed by atoms with Crippen LogP contribution in [0.5, 0.6) is 0 Å². The number of benzene rings is 1. The fourth-order valence-corrected chi connectivity index (χ4v) is 3.94. The van der Waals surface area contributed by atoms with Crippen molar-refractivity contribution in [1.29, 1.82) is 0 Å². The Bertz CT molecular complexity index is 1050. The highest BCUT2D eigenvalue weighted by Gasteiger charge is 2.36. The Balaban J connectivity index is 1.63. The van der Waals surface area contributed by atoms with E-state index in [9.17, 15) is 9.59 Å². The first-order valence-corrected chi connectivity index (χ1v) is 10.1. The number of fused-ring (bicyclic) bond motifs is 1. The molecule has 1 aliphatic rings. The lowest BCUT2D eigenvalue weighted by Crippen LogP contribution is -2.50. The van der Waals surface area contributed by atoms with Crippen LogP contribution in [0.2, 0.25) is 0 Å². The van der Waals surface area contributed by atoms with Crippen LogP contribution < -0.4 is 5.73 Å². The Morgan fingerprint density at radius 2 is 1.70 bits per heavy atom. The van der Waals surface area contributed by atoms with Crippen LogP contribution >= 0.6 is 0 Å². The summed E-state index contributed by atoms with van der Waals surface area (Å²) >= 11 is 0. The van der Waals surface area contributed by atoms with E-state index in [1.807, 2.05) is 42.6 Å². The Labute approximate surface area is 175 Å². The Kier molecular flexibility index (Phi) is 5.50. The van der Waals surface area contributed by atoms with E-state index in [1.165, 1.54) is 11.2 Å². The molecule has 2 amide bonds. The van der Waals surface area contributed by atoms with Gasteiger partial charge in [0.15, 0.2) is 5.65 Å². The number of pyridine rings is 1. The number of aromatic nitrogens is 3. The molecule has 1 aliphatic heterocycles. The van der Waals surface area contributed by atoms with Gasteiger partial charge in [-0.25, -0.2) is 9.50 Å². The van der Waals surface area contributed by atoms with Gasteiger partial charge in [0, 0.05) is 38.9 Å². The van der Waals surface area contributed by atoms with Gasteiger partial charge in [-0.1, -0.05) is 24.3 Å². The van der Waals surface area contributed by atoms with E-state index in [0.29, 0.717) is 13.1 Å². The number of carbonyl (C=O) groups excluding carboxylic acids is 2. The van der Waals surface area contributed by atoms with E-state index in [4.69, 9.17) is 5.73 Å². The number of likely N-dealkylation sites (N-methyl/N-ethyl adjacent to an activating group) is 1. The summed E-state index contributed by atoms with van der Waals surface area (Å²) in [4.78, 5) is 33.2. The lowest BCUT2D eigenvalue weighted by molar-refractivity contribution is -0.138. The second kappa shape index (κ2) is 8.23. The zero-order valence-electron chi connectivity index (χ0n) is 17.2. The third-order valence-electron chi connectivity index (χ3n) is 5.65. The second-order valence-electron chi connectivity index (χ2n) is 7.87. The standard InChI is InChI=1S/C22H26N6O2/c1-26(2)21(29)19(20(23)22(30)27-11-3-4-12-27)16-7-5-15(6-8-16)17-9-10-18-24-14-25-28(18)13-17/h5-10,13-14,19-20H,3-4,11-12,23H2,1-2H3/t19-,20-/m0/s1. The Hall–Kier alpha value is -3.26. The average Bonchev–Trinajstić information content (AvgIpc) is 3.45. The summed E-state index contributed by atoms with van der Waals surface area (Å²) in [6, 6.07) is 10.6. The minimum Gasteiger partial charge on any atom is -0.348 e. The van der Waals surface area contributed by atoms with E-state index in [2.05, 4.69) is 10.1 Å². The third-order valence-corrected chi connectivity index (χ3v) is 5.65. The van der Waals surface area contributed by atoms with Crippen molar-refractivity contribution in [2.24, 2.45) is 5.73 Å². The molecule has 8 heteroatoms. The van der Waals surface area contributed by atoms with Crippen LogP contribution in [-0.4, -0.2) is 69.4 Å². The predicted octanol–water partition coefficient (Wildman–Crippen LogP) is 1.52. The van der Waals surface area contributed by atoms with Crippen LogP contribution in [0.1, 0.15) is 24.3 Å². The number of rotatable bonds is 5. The quantitative estimate of drug-likeness (QED) is 0.693. The van der Waals surface area contributed by atoms with E-state index >= 15 is 0 Å². The fourth-order valence-electron chi connectivity index (χ4n) is 3.94. The van der Waals surface area contributed by atoms with Crippen LogP contribution in [0, 0.1) is 0 Å². The average molecular weight is 406 g/mol. The molecule has 0 saturated carbocycles.